The van der Waals surface area contributed by atoms with Crippen molar-refractivity contribution in [1.82, 2.24) is 0 Å². The second kappa shape index (κ2) is 4.75. The number of hydrogen-bond donors (Lipinski definition) is 0. The highest BCUT2D eigenvalue weighted by Gasteiger charge is 2.45. The smallest absolute Gasteiger partial charge is 0.316 e. The van der Waals surface area contributed by atoms with Crippen molar-refractivity contribution >= 4 is 5.97 Å². The van der Waals surface area contributed by atoms with Gasteiger partial charge in [-0.05, 0) is 36.7 Å². The standard InChI is InChI=1S/C16H22O2/c1-15(2)9-11-16(12-10-15,14(17)18-3)13-7-5-4-6-8-13/h4-8H,9-12H2,1-3H3. The van der Waals surface area contributed by atoms with E-state index in [0.29, 0.717) is 5.41 Å². The number of esters is 1. The molecule has 0 radical (unpaired) electrons. The predicted octanol–water partition coefficient (Wildman–Crippen LogP) is 3.70. The molecule has 0 N–H and O–H groups in total. The van der Waals surface area contributed by atoms with E-state index in [1.165, 1.54) is 7.11 Å². The zero-order valence-electron chi connectivity index (χ0n) is 11.5. The molecule has 0 aliphatic heterocycles. The van der Waals surface area contributed by atoms with Crippen molar-refractivity contribution in [2.24, 2.45) is 5.41 Å². The number of carbonyl (C=O) groups excluding carboxylic acids is 1. The summed E-state index contributed by atoms with van der Waals surface area (Å²) in [4.78, 5) is 12.3. The van der Waals surface area contributed by atoms with E-state index in [-0.39, 0.29) is 5.97 Å². The molecule has 0 heterocycles. The first kappa shape index (κ1) is 13.1. The third-order valence-corrected chi connectivity index (χ3v) is 4.36. The SMILES string of the molecule is COC(=O)C1(c2ccccc2)CCC(C)(C)CC1. The van der Waals surface area contributed by atoms with Crippen LogP contribution in [-0.4, -0.2) is 13.1 Å². The summed E-state index contributed by atoms with van der Waals surface area (Å²) >= 11 is 0. The molecule has 0 aromatic heterocycles. The highest BCUT2D eigenvalue weighted by atomic mass is 16.5. The van der Waals surface area contributed by atoms with Crippen molar-refractivity contribution in [3.63, 3.8) is 0 Å². The monoisotopic (exact) mass is 246 g/mol. The van der Waals surface area contributed by atoms with Crippen LogP contribution in [0.4, 0.5) is 0 Å². The van der Waals surface area contributed by atoms with Crippen molar-refractivity contribution in [3.8, 4) is 0 Å². The normalized spacial score (nSPS) is 21.3. The molecule has 0 spiro atoms. The summed E-state index contributed by atoms with van der Waals surface area (Å²) in [6, 6.07) is 10.1. The molecule has 2 nitrogen and oxygen atoms in total. The van der Waals surface area contributed by atoms with E-state index in [4.69, 9.17) is 4.74 Å². The molecule has 1 saturated carbocycles. The van der Waals surface area contributed by atoms with Crippen LogP contribution in [0.3, 0.4) is 0 Å². The summed E-state index contributed by atoms with van der Waals surface area (Å²) in [6.07, 6.45) is 3.90. The number of benzene rings is 1. The quantitative estimate of drug-likeness (QED) is 0.744. The Morgan fingerprint density at radius 3 is 2.11 bits per heavy atom. The summed E-state index contributed by atoms with van der Waals surface area (Å²) in [5.41, 5.74) is 1.02. The highest BCUT2D eigenvalue weighted by molar-refractivity contribution is 5.83. The summed E-state index contributed by atoms with van der Waals surface area (Å²) in [5.74, 6) is -0.0794. The number of ether oxygens (including phenoxy) is 1. The molecule has 1 aliphatic rings. The number of rotatable bonds is 2. The third-order valence-electron chi connectivity index (χ3n) is 4.36. The van der Waals surface area contributed by atoms with E-state index in [2.05, 4.69) is 26.0 Å². The molecular weight excluding hydrogens is 224 g/mol. The number of hydrogen-bond acceptors (Lipinski definition) is 2. The van der Waals surface area contributed by atoms with Gasteiger partial charge in [-0.15, -0.1) is 0 Å². The van der Waals surface area contributed by atoms with Crippen molar-refractivity contribution < 1.29 is 9.53 Å². The van der Waals surface area contributed by atoms with Crippen LogP contribution in [0.25, 0.3) is 0 Å². The lowest BCUT2D eigenvalue weighted by Gasteiger charge is -2.41. The van der Waals surface area contributed by atoms with Crippen molar-refractivity contribution in [3.05, 3.63) is 35.9 Å². The molecule has 18 heavy (non-hydrogen) atoms. The van der Waals surface area contributed by atoms with E-state index >= 15 is 0 Å². The fourth-order valence-corrected chi connectivity index (χ4v) is 2.92. The lowest BCUT2D eigenvalue weighted by Crippen LogP contribution is -2.42. The molecular formula is C16H22O2. The first-order valence-corrected chi connectivity index (χ1v) is 6.64. The summed E-state index contributed by atoms with van der Waals surface area (Å²) in [5, 5.41) is 0. The van der Waals surface area contributed by atoms with Gasteiger partial charge < -0.3 is 4.74 Å². The Balaban J connectivity index is 2.35. The van der Waals surface area contributed by atoms with Crippen molar-refractivity contribution in [2.45, 2.75) is 44.9 Å². The molecule has 98 valence electrons. The highest BCUT2D eigenvalue weighted by Crippen LogP contribution is 2.47. The minimum absolute atomic E-state index is 0.0794. The van der Waals surface area contributed by atoms with E-state index < -0.39 is 5.41 Å². The molecule has 0 atom stereocenters. The van der Waals surface area contributed by atoms with Gasteiger partial charge in [-0.2, -0.15) is 0 Å². The molecule has 1 aromatic carbocycles. The maximum absolute atomic E-state index is 12.3. The average molecular weight is 246 g/mol. The van der Waals surface area contributed by atoms with Crippen LogP contribution in [0.15, 0.2) is 30.3 Å². The number of carbonyl (C=O) groups is 1. The third kappa shape index (κ3) is 2.29. The van der Waals surface area contributed by atoms with Gasteiger partial charge in [0.15, 0.2) is 0 Å². The van der Waals surface area contributed by atoms with Gasteiger partial charge in [0.25, 0.3) is 0 Å². The summed E-state index contributed by atoms with van der Waals surface area (Å²) in [7, 11) is 1.49. The fourth-order valence-electron chi connectivity index (χ4n) is 2.92. The van der Waals surface area contributed by atoms with Gasteiger partial charge in [-0.25, -0.2) is 0 Å². The lowest BCUT2D eigenvalue weighted by molar-refractivity contribution is -0.150. The Morgan fingerprint density at radius 2 is 1.61 bits per heavy atom. The van der Waals surface area contributed by atoms with Crippen molar-refractivity contribution in [1.29, 1.82) is 0 Å². The fraction of sp³-hybridized carbons (Fsp3) is 0.562. The maximum atomic E-state index is 12.3. The van der Waals surface area contributed by atoms with E-state index in [9.17, 15) is 4.79 Å². The molecule has 2 heteroatoms. The van der Waals surface area contributed by atoms with Gasteiger partial charge in [-0.1, -0.05) is 44.2 Å². The van der Waals surface area contributed by atoms with Crippen LogP contribution < -0.4 is 0 Å². The zero-order chi connectivity index (χ0) is 13.2. The molecule has 0 unspecified atom stereocenters. The molecule has 1 aliphatic carbocycles. The van der Waals surface area contributed by atoms with E-state index in [1.54, 1.807) is 0 Å². The largest absolute Gasteiger partial charge is 0.468 e. The van der Waals surface area contributed by atoms with Gasteiger partial charge in [0.1, 0.15) is 0 Å². The summed E-state index contributed by atoms with van der Waals surface area (Å²) < 4.78 is 5.08. The molecule has 0 amide bonds. The van der Waals surface area contributed by atoms with Gasteiger partial charge in [0.05, 0.1) is 12.5 Å². The van der Waals surface area contributed by atoms with Crippen LogP contribution in [0.1, 0.15) is 45.1 Å². The lowest BCUT2D eigenvalue weighted by atomic mass is 9.62. The van der Waals surface area contributed by atoms with E-state index in [0.717, 1.165) is 31.2 Å². The van der Waals surface area contributed by atoms with Gasteiger partial charge in [-0.3, -0.25) is 4.79 Å². The molecule has 0 bridgehead atoms. The molecule has 2 rings (SSSR count). The minimum atomic E-state index is -0.425. The van der Waals surface area contributed by atoms with Gasteiger partial charge in [0.2, 0.25) is 0 Å². The topological polar surface area (TPSA) is 26.3 Å². The number of methoxy groups -OCH3 is 1. The van der Waals surface area contributed by atoms with Gasteiger partial charge in [0, 0.05) is 0 Å². The Hall–Kier alpha value is -1.31. The average Bonchev–Trinajstić information content (AvgIpc) is 2.39. The predicted molar refractivity (Wildman–Crippen MR) is 72.4 cm³/mol. The molecule has 0 saturated heterocycles. The Bertz CT molecular complexity index is 410. The first-order chi connectivity index (χ1) is 8.50. The summed E-state index contributed by atoms with van der Waals surface area (Å²) in [6.45, 7) is 4.55. The van der Waals surface area contributed by atoms with Crippen molar-refractivity contribution in [2.75, 3.05) is 7.11 Å². The Kier molecular flexibility index (Phi) is 3.47. The van der Waals surface area contributed by atoms with Crippen LogP contribution in [0, 0.1) is 5.41 Å². The second-order valence-electron chi connectivity index (χ2n) is 6.10. The second-order valence-corrected chi connectivity index (χ2v) is 6.10. The van der Waals surface area contributed by atoms with E-state index in [1.807, 2.05) is 18.2 Å². The Labute approximate surface area is 109 Å². The maximum Gasteiger partial charge on any atom is 0.316 e. The molecule has 1 aromatic rings. The first-order valence-electron chi connectivity index (χ1n) is 6.64. The zero-order valence-corrected chi connectivity index (χ0v) is 11.5. The Morgan fingerprint density at radius 1 is 1.06 bits per heavy atom. The van der Waals surface area contributed by atoms with Crippen LogP contribution in [0.5, 0.6) is 0 Å². The minimum Gasteiger partial charge on any atom is -0.468 e. The molecule has 1 fully saturated rings. The van der Waals surface area contributed by atoms with Crippen LogP contribution in [-0.2, 0) is 14.9 Å². The van der Waals surface area contributed by atoms with Crippen LogP contribution in [0.2, 0.25) is 0 Å². The van der Waals surface area contributed by atoms with Crippen LogP contribution >= 0.6 is 0 Å². The van der Waals surface area contributed by atoms with Gasteiger partial charge >= 0.3 is 5.97 Å².